The largest absolute Gasteiger partial charge is 0.411 e. The fourth-order valence-corrected chi connectivity index (χ4v) is 9.65. The van der Waals surface area contributed by atoms with E-state index in [1.807, 2.05) is 0 Å². The highest BCUT2D eigenvalue weighted by atomic mass is 16.7. The summed E-state index contributed by atoms with van der Waals surface area (Å²) in [5.41, 5.74) is 0.422. The maximum absolute atomic E-state index is 11.8. The number of oxime groups is 1. The molecule has 8 atom stereocenters. The standard InChI is InChI=1S/C25H39NO6/c1-22-13-18(27)21-16(17(22)6-7-19(22)24(3)29-8-9-30-24)5-4-15-12-25(31-10-11-32-25)14-20(26-28)23(15,21)2/h15-19,21,27-28H,4-14H2,1-3H3/b26-20+. The van der Waals surface area contributed by atoms with Gasteiger partial charge in [0, 0.05) is 24.2 Å². The van der Waals surface area contributed by atoms with Crippen LogP contribution < -0.4 is 0 Å². The molecule has 7 heteroatoms. The minimum Gasteiger partial charge on any atom is -0.411 e. The summed E-state index contributed by atoms with van der Waals surface area (Å²) >= 11 is 0. The zero-order chi connectivity index (χ0) is 22.4. The summed E-state index contributed by atoms with van der Waals surface area (Å²) < 4.78 is 24.3. The van der Waals surface area contributed by atoms with Gasteiger partial charge in [-0.2, -0.15) is 0 Å². The Morgan fingerprint density at radius 1 is 0.875 bits per heavy atom. The first-order valence-electron chi connectivity index (χ1n) is 12.7. The lowest BCUT2D eigenvalue weighted by Gasteiger charge is -2.63. The van der Waals surface area contributed by atoms with Gasteiger partial charge in [0.2, 0.25) is 0 Å². The molecule has 0 aromatic rings. The summed E-state index contributed by atoms with van der Waals surface area (Å²) in [6.45, 7) is 9.23. The van der Waals surface area contributed by atoms with Gasteiger partial charge in [0.15, 0.2) is 11.6 Å². The van der Waals surface area contributed by atoms with Crippen molar-refractivity contribution in [3.8, 4) is 0 Å². The Bertz CT molecular complexity index is 789. The Morgan fingerprint density at radius 2 is 1.56 bits per heavy atom. The van der Waals surface area contributed by atoms with Crippen LogP contribution >= 0.6 is 0 Å². The Kier molecular flexibility index (Phi) is 4.86. The average Bonchev–Trinajstić information content (AvgIpc) is 3.47. The molecule has 7 nitrogen and oxygen atoms in total. The first-order valence-corrected chi connectivity index (χ1v) is 12.7. The van der Waals surface area contributed by atoms with Gasteiger partial charge < -0.3 is 29.3 Å². The predicted molar refractivity (Wildman–Crippen MR) is 116 cm³/mol. The van der Waals surface area contributed by atoms with E-state index in [9.17, 15) is 10.3 Å². The van der Waals surface area contributed by atoms with E-state index in [0.717, 1.165) is 44.2 Å². The molecule has 6 rings (SSSR count). The number of fused-ring (bicyclic) bond motifs is 5. The topological polar surface area (TPSA) is 89.7 Å². The van der Waals surface area contributed by atoms with Crippen molar-refractivity contribution in [1.29, 1.82) is 0 Å². The molecule has 32 heavy (non-hydrogen) atoms. The number of ether oxygens (including phenoxy) is 4. The summed E-state index contributed by atoms with van der Waals surface area (Å²) in [5.74, 6) is 0.441. The van der Waals surface area contributed by atoms with Gasteiger partial charge >= 0.3 is 0 Å². The maximum atomic E-state index is 11.8. The number of rotatable bonds is 1. The molecule has 0 amide bonds. The van der Waals surface area contributed by atoms with Gasteiger partial charge in [-0.05, 0) is 68.1 Å². The lowest BCUT2D eigenvalue weighted by Crippen LogP contribution is -2.64. The first kappa shape index (κ1) is 21.8. The van der Waals surface area contributed by atoms with Crippen LogP contribution in [0.5, 0.6) is 0 Å². The van der Waals surface area contributed by atoms with E-state index in [4.69, 9.17) is 18.9 Å². The van der Waals surface area contributed by atoms with Crippen LogP contribution in [0.2, 0.25) is 0 Å². The molecule has 4 saturated carbocycles. The van der Waals surface area contributed by atoms with Crippen molar-refractivity contribution < 1.29 is 29.3 Å². The predicted octanol–water partition coefficient (Wildman–Crippen LogP) is 3.56. The normalized spacial score (nSPS) is 52.7. The van der Waals surface area contributed by atoms with Crippen LogP contribution in [0.4, 0.5) is 0 Å². The fraction of sp³-hybridized carbons (Fsp3) is 0.960. The van der Waals surface area contributed by atoms with Crippen LogP contribution in [-0.2, 0) is 18.9 Å². The van der Waals surface area contributed by atoms with Crippen LogP contribution in [0.1, 0.15) is 65.7 Å². The lowest BCUT2D eigenvalue weighted by molar-refractivity contribution is -0.233. The Balaban J connectivity index is 1.34. The SMILES string of the molecule is CC1(C2CCC3C4CCC5CC6(C/C(=N\O)C5(C)C4C(O)CC32C)OCCO6)OCCO1. The minimum atomic E-state index is -0.642. The minimum absolute atomic E-state index is 0.00699. The maximum Gasteiger partial charge on any atom is 0.174 e. The molecule has 0 aromatic carbocycles. The third-order valence-electron chi connectivity index (χ3n) is 10.9. The highest BCUT2D eigenvalue weighted by Gasteiger charge is 2.68. The molecule has 0 aromatic heterocycles. The molecular weight excluding hydrogens is 410 g/mol. The van der Waals surface area contributed by atoms with Gasteiger partial charge in [0.1, 0.15) is 0 Å². The molecule has 180 valence electrons. The van der Waals surface area contributed by atoms with Crippen LogP contribution in [0.15, 0.2) is 5.16 Å². The molecule has 2 saturated heterocycles. The molecule has 8 unspecified atom stereocenters. The fourth-order valence-electron chi connectivity index (χ4n) is 9.65. The van der Waals surface area contributed by atoms with E-state index in [0.29, 0.717) is 50.6 Å². The van der Waals surface area contributed by atoms with Crippen LogP contribution in [0.25, 0.3) is 0 Å². The molecule has 4 aliphatic carbocycles. The van der Waals surface area contributed by atoms with Crippen molar-refractivity contribution in [2.24, 2.45) is 45.6 Å². The Hall–Kier alpha value is -0.730. The van der Waals surface area contributed by atoms with E-state index in [1.54, 1.807) is 0 Å². The van der Waals surface area contributed by atoms with Crippen molar-refractivity contribution in [2.45, 2.75) is 83.4 Å². The summed E-state index contributed by atoms with van der Waals surface area (Å²) in [6.07, 6.45) is 6.03. The van der Waals surface area contributed by atoms with Crippen LogP contribution in [-0.4, -0.2) is 60.1 Å². The van der Waals surface area contributed by atoms with E-state index < -0.39 is 17.7 Å². The van der Waals surface area contributed by atoms with Crippen molar-refractivity contribution in [1.82, 2.24) is 0 Å². The zero-order valence-electron chi connectivity index (χ0n) is 19.7. The monoisotopic (exact) mass is 449 g/mol. The summed E-state index contributed by atoms with van der Waals surface area (Å²) in [5, 5.41) is 25.7. The second-order valence-corrected chi connectivity index (χ2v) is 12.0. The molecule has 6 fully saturated rings. The number of aliphatic hydroxyl groups excluding tert-OH is 1. The smallest absolute Gasteiger partial charge is 0.174 e. The molecule has 2 N–H and O–H groups in total. The van der Waals surface area contributed by atoms with Gasteiger partial charge in [-0.15, -0.1) is 0 Å². The number of hydrogen-bond acceptors (Lipinski definition) is 7. The Morgan fingerprint density at radius 3 is 2.25 bits per heavy atom. The van der Waals surface area contributed by atoms with Crippen molar-refractivity contribution >= 4 is 5.71 Å². The van der Waals surface area contributed by atoms with Crippen LogP contribution in [0.3, 0.4) is 0 Å². The highest BCUT2D eigenvalue weighted by Crippen LogP contribution is 2.69. The number of hydrogen-bond donors (Lipinski definition) is 2. The highest BCUT2D eigenvalue weighted by molar-refractivity contribution is 5.92. The second kappa shape index (κ2) is 7.14. The quantitative estimate of drug-likeness (QED) is 0.470. The third kappa shape index (κ3) is 2.75. The van der Waals surface area contributed by atoms with Crippen molar-refractivity contribution in [2.75, 3.05) is 26.4 Å². The molecule has 0 bridgehead atoms. The van der Waals surface area contributed by atoms with E-state index >= 15 is 0 Å². The number of nitrogens with zero attached hydrogens (tertiary/aromatic N) is 1. The van der Waals surface area contributed by atoms with Gasteiger partial charge in [-0.3, -0.25) is 0 Å². The first-order chi connectivity index (χ1) is 15.3. The Labute approximate surface area is 190 Å². The second-order valence-electron chi connectivity index (χ2n) is 12.0. The van der Waals surface area contributed by atoms with Crippen LogP contribution in [0, 0.1) is 40.4 Å². The van der Waals surface area contributed by atoms with E-state index in [2.05, 4.69) is 25.9 Å². The van der Waals surface area contributed by atoms with E-state index in [-0.39, 0.29) is 22.7 Å². The van der Waals surface area contributed by atoms with Gasteiger partial charge in [0.05, 0.1) is 38.2 Å². The third-order valence-corrected chi connectivity index (χ3v) is 10.9. The average molecular weight is 450 g/mol. The van der Waals surface area contributed by atoms with Gasteiger partial charge in [0.25, 0.3) is 0 Å². The molecule has 6 aliphatic rings. The molecule has 2 heterocycles. The summed E-state index contributed by atoms with van der Waals surface area (Å²) in [4.78, 5) is 0. The molecule has 2 aliphatic heterocycles. The molecular formula is C25H39NO6. The molecule has 0 radical (unpaired) electrons. The van der Waals surface area contributed by atoms with Crippen molar-refractivity contribution in [3.05, 3.63) is 0 Å². The van der Waals surface area contributed by atoms with Gasteiger partial charge in [-0.1, -0.05) is 19.0 Å². The lowest BCUT2D eigenvalue weighted by atomic mass is 9.43. The summed E-state index contributed by atoms with van der Waals surface area (Å²) in [6, 6.07) is 0. The zero-order valence-corrected chi connectivity index (χ0v) is 19.7. The summed E-state index contributed by atoms with van der Waals surface area (Å²) in [7, 11) is 0. The molecule has 1 spiro atoms. The number of aliphatic hydroxyl groups is 1. The van der Waals surface area contributed by atoms with Crippen molar-refractivity contribution in [3.63, 3.8) is 0 Å². The van der Waals surface area contributed by atoms with Gasteiger partial charge in [-0.25, -0.2) is 0 Å². The van der Waals surface area contributed by atoms with E-state index in [1.165, 1.54) is 0 Å².